The number of rotatable bonds is 9. The average molecular weight is 465 g/mol. The summed E-state index contributed by atoms with van der Waals surface area (Å²) in [5.74, 6) is -1.14. The van der Waals surface area contributed by atoms with Crippen LogP contribution in [0.1, 0.15) is 28.6 Å². The highest BCUT2D eigenvalue weighted by molar-refractivity contribution is 6.15. The van der Waals surface area contributed by atoms with E-state index in [2.05, 4.69) is 0 Å². The van der Waals surface area contributed by atoms with Crippen molar-refractivity contribution in [2.45, 2.75) is 12.5 Å². The van der Waals surface area contributed by atoms with Gasteiger partial charge in [0, 0.05) is 29.5 Å². The number of quaternary nitrogens is 1. The Balaban J connectivity index is 1.82. The van der Waals surface area contributed by atoms with Gasteiger partial charge >= 0.3 is 0 Å². The molecule has 1 aliphatic heterocycles. The van der Waals surface area contributed by atoms with Gasteiger partial charge in [-0.1, -0.05) is 18.2 Å². The minimum absolute atomic E-state index is 0.0174. The maximum atomic E-state index is 13.6. The van der Waals surface area contributed by atoms with E-state index >= 15 is 0 Å². The molecule has 0 saturated heterocycles. The van der Waals surface area contributed by atoms with E-state index in [0.717, 1.165) is 11.9 Å². The monoisotopic (exact) mass is 464 g/mol. The van der Waals surface area contributed by atoms with Crippen LogP contribution in [0.3, 0.4) is 0 Å². The number of para-hydroxylation sites is 1. The third-order valence-corrected chi connectivity index (χ3v) is 5.99. The van der Waals surface area contributed by atoms with Crippen LogP contribution in [0.5, 0.6) is 11.5 Å². The number of nitrogens with one attached hydrogen (secondary N) is 1. The number of hydrogen-bond acceptors (Lipinski definition) is 6. The summed E-state index contributed by atoms with van der Waals surface area (Å²) >= 11 is 0. The zero-order valence-corrected chi connectivity index (χ0v) is 19.7. The summed E-state index contributed by atoms with van der Waals surface area (Å²) in [4.78, 5) is 29.4. The Morgan fingerprint density at radius 1 is 1.12 bits per heavy atom. The van der Waals surface area contributed by atoms with E-state index in [4.69, 9.17) is 13.9 Å². The summed E-state index contributed by atoms with van der Waals surface area (Å²) in [6.45, 7) is 1.12. The lowest BCUT2D eigenvalue weighted by molar-refractivity contribution is -0.858. The van der Waals surface area contributed by atoms with E-state index < -0.39 is 23.5 Å². The molecular formula is C26H28N2O6. The Morgan fingerprint density at radius 2 is 1.88 bits per heavy atom. The second-order valence-electron chi connectivity index (χ2n) is 8.54. The van der Waals surface area contributed by atoms with Crippen molar-refractivity contribution in [3.8, 4) is 11.5 Å². The summed E-state index contributed by atoms with van der Waals surface area (Å²) in [5.41, 5.74) is 0.898. The van der Waals surface area contributed by atoms with Gasteiger partial charge in [-0.3, -0.25) is 9.59 Å². The predicted molar refractivity (Wildman–Crippen MR) is 124 cm³/mol. The van der Waals surface area contributed by atoms with Gasteiger partial charge in [0.1, 0.15) is 17.1 Å². The highest BCUT2D eigenvalue weighted by atomic mass is 16.5. The van der Waals surface area contributed by atoms with Crippen LogP contribution >= 0.6 is 0 Å². The number of carbonyl (C=O) groups excluding carboxylic acids is 2. The summed E-state index contributed by atoms with van der Waals surface area (Å²) in [7, 11) is 7.06. The molecule has 3 aromatic rings. The van der Waals surface area contributed by atoms with Crippen molar-refractivity contribution in [1.82, 2.24) is 4.90 Å². The second kappa shape index (κ2) is 9.61. The van der Waals surface area contributed by atoms with Gasteiger partial charge in [0.25, 0.3) is 0 Å². The minimum atomic E-state index is -0.914. The molecule has 4 rings (SSSR count). The quantitative estimate of drug-likeness (QED) is 0.481. The first-order valence-corrected chi connectivity index (χ1v) is 11.1. The highest BCUT2D eigenvalue weighted by Crippen LogP contribution is 2.43. The predicted octanol–water partition coefficient (Wildman–Crippen LogP) is 1.37. The molecule has 0 radical (unpaired) electrons. The number of carbonyl (C=O) groups is 2. The van der Waals surface area contributed by atoms with Gasteiger partial charge in [0.05, 0.1) is 40.9 Å². The average Bonchev–Trinajstić information content (AvgIpc) is 3.38. The fraction of sp³-hybridized carbons (Fsp3) is 0.308. The van der Waals surface area contributed by atoms with Gasteiger partial charge in [-0.15, -0.1) is 0 Å². The zero-order valence-electron chi connectivity index (χ0n) is 19.7. The number of methoxy groups -OCH3 is 2. The number of fused-ring (bicyclic) bond motifs is 1. The molecule has 1 aromatic heterocycles. The third kappa shape index (κ3) is 4.24. The molecule has 1 amide bonds. The lowest BCUT2D eigenvalue weighted by Crippen LogP contribution is -3.05. The van der Waals surface area contributed by atoms with E-state index in [1.807, 2.05) is 26.2 Å². The van der Waals surface area contributed by atoms with E-state index in [1.54, 1.807) is 36.4 Å². The normalized spacial score (nSPS) is 16.1. The summed E-state index contributed by atoms with van der Waals surface area (Å²) in [5, 5.41) is 14.0. The summed E-state index contributed by atoms with van der Waals surface area (Å²) in [6, 6.07) is 13.0. The smallest absolute Gasteiger partial charge is 0.239 e. The lowest BCUT2D eigenvalue weighted by atomic mass is 9.94. The number of ether oxygens (including phenoxy) is 2. The first-order valence-electron chi connectivity index (χ1n) is 11.1. The second-order valence-corrected chi connectivity index (χ2v) is 8.54. The SMILES string of the molecule is COc1ccc(OC)c(C2C(C(=O)c3cc4ccccc4o3)=C([O-])C(=O)N2CCC[NH+](C)C)c1. The molecule has 0 fully saturated rings. The molecule has 1 N–H and O–H groups in total. The number of furan rings is 1. The standard InChI is InChI=1S/C26H28N2O6/c1-27(2)12-7-13-28-23(18-15-17(32-3)10-11-20(18)33-4)22(25(30)26(28)31)24(29)21-14-16-8-5-6-9-19(16)34-21/h5-6,8-11,14-15,23,30H,7,12-13H2,1-4H3. The number of amides is 1. The van der Waals surface area contributed by atoms with Crippen LogP contribution in [0.15, 0.2) is 64.3 Å². The van der Waals surface area contributed by atoms with Gasteiger partial charge in [-0.25, -0.2) is 0 Å². The molecule has 8 nitrogen and oxygen atoms in total. The summed E-state index contributed by atoms with van der Waals surface area (Å²) < 4.78 is 16.7. The maximum absolute atomic E-state index is 13.6. The van der Waals surface area contributed by atoms with Gasteiger partial charge < -0.3 is 28.8 Å². The van der Waals surface area contributed by atoms with Gasteiger partial charge in [-0.2, -0.15) is 0 Å². The molecule has 1 aliphatic rings. The summed E-state index contributed by atoms with van der Waals surface area (Å²) in [6.07, 6.45) is 0.663. The molecule has 0 saturated carbocycles. The van der Waals surface area contributed by atoms with Crippen molar-refractivity contribution in [2.24, 2.45) is 0 Å². The van der Waals surface area contributed by atoms with Crippen LogP contribution in [-0.2, 0) is 4.79 Å². The first kappa shape index (κ1) is 23.4. The van der Waals surface area contributed by atoms with Crippen LogP contribution < -0.4 is 19.5 Å². The van der Waals surface area contributed by atoms with Crippen LogP contribution in [0, 0.1) is 0 Å². The fourth-order valence-electron chi connectivity index (χ4n) is 4.31. The van der Waals surface area contributed by atoms with Crippen molar-refractivity contribution in [1.29, 1.82) is 0 Å². The molecule has 34 heavy (non-hydrogen) atoms. The number of ketones is 1. The van der Waals surface area contributed by atoms with Gasteiger partial charge in [0.15, 0.2) is 5.76 Å². The topological polar surface area (TPSA) is 96.5 Å². The van der Waals surface area contributed by atoms with Crippen molar-refractivity contribution < 1.29 is 33.5 Å². The molecule has 8 heteroatoms. The fourth-order valence-corrected chi connectivity index (χ4v) is 4.31. The molecular weight excluding hydrogens is 436 g/mol. The van der Waals surface area contributed by atoms with E-state index in [0.29, 0.717) is 35.6 Å². The molecule has 1 unspecified atom stereocenters. The van der Waals surface area contributed by atoms with Crippen LogP contribution in [0.4, 0.5) is 0 Å². The Labute approximate surface area is 198 Å². The maximum Gasteiger partial charge on any atom is 0.239 e. The highest BCUT2D eigenvalue weighted by Gasteiger charge is 2.41. The van der Waals surface area contributed by atoms with Crippen molar-refractivity contribution >= 4 is 22.7 Å². The van der Waals surface area contributed by atoms with Crippen molar-refractivity contribution in [2.75, 3.05) is 41.4 Å². The molecule has 1 atom stereocenters. The number of nitrogens with zero attached hydrogens (tertiary/aromatic N) is 1. The molecule has 178 valence electrons. The van der Waals surface area contributed by atoms with Crippen molar-refractivity contribution in [3.63, 3.8) is 0 Å². The Morgan fingerprint density at radius 3 is 2.56 bits per heavy atom. The Bertz CT molecular complexity index is 1230. The van der Waals surface area contributed by atoms with E-state index in [1.165, 1.54) is 24.0 Å². The minimum Gasteiger partial charge on any atom is -0.868 e. The van der Waals surface area contributed by atoms with Crippen LogP contribution in [0.2, 0.25) is 0 Å². The zero-order chi connectivity index (χ0) is 24.4. The number of hydrogen-bond donors (Lipinski definition) is 1. The molecule has 0 bridgehead atoms. The molecule has 2 heterocycles. The Hall–Kier alpha value is -3.78. The largest absolute Gasteiger partial charge is 0.868 e. The van der Waals surface area contributed by atoms with Crippen LogP contribution in [0.25, 0.3) is 11.0 Å². The van der Waals surface area contributed by atoms with Crippen molar-refractivity contribution in [3.05, 3.63) is 71.2 Å². The Kier molecular flexibility index (Phi) is 6.61. The number of benzene rings is 2. The van der Waals surface area contributed by atoms with Gasteiger partial charge in [-0.05, 0) is 36.1 Å². The van der Waals surface area contributed by atoms with E-state index in [9.17, 15) is 14.7 Å². The molecule has 0 spiro atoms. The number of Topliss-reactive ketones (excluding diaryl/α,β-unsaturated/α-hetero) is 1. The third-order valence-electron chi connectivity index (χ3n) is 5.99. The lowest BCUT2D eigenvalue weighted by Gasteiger charge is -2.29. The van der Waals surface area contributed by atoms with Crippen LogP contribution in [-0.4, -0.2) is 58.0 Å². The molecule has 2 aromatic carbocycles. The van der Waals surface area contributed by atoms with Gasteiger partial charge in [0.2, 0.25) is 11.7 Å². The van der Waals surface area contributed by atoms with E-state index in [-0.39, 0.29) is 11.3 Å². The molecule has 0 aliphatic carbocycles. The first-order chi connectivity index (χ1) is 16.3.